The molecule has 2 atom stereocenters. The molecule has 0 radical (unpaired) electrons. The van der Waals surface area contributed by atoms with E-state index in [0.29, 0.717) is 23.6 Å². The summed E-state index contributed by atoms with van der Waals surface area (Å²) in [7, 11) is 1.72. The van der Waals surface area contributed by atoms with Crippen LogP contribution < -0.4 is 5.32 Å². The van der Waals surface area contributed by atoms with Crippen LogP contribution in [0, 0.1) is 12.8 Å². The van der Waals surface area contributed by atoms with Crippen molar-refractivity contribution in [2.24, 2.45) is 13.0 Å². The van der Waals surface area contributed by atoms with Crippen molar-refractivity contribution in [3.63, 3.8) is 0 Å². The molecule has 1 aromatic heterocycles. The molecule has 6 nitrogen and oxygen atoms in total. The molecule has 0 aromatic carbocycles. The minimum Gasteiger partial charge on any atom is -0.481 e. The van der Waals surface area contributed by atoms with Gasteiger partial charge in [-0.2, -0.15) is 5.10 Å². The zero-order valence-corrected chi connectivity index (χ0v) is 12.7. The van der Waals surface area contributed by atoms with Crippen LogP contribution in [0.1, 0.15) is 30.5 Å². The fraction of sp³-hybridized carbons (Fsp3) is 0.500. The number of hydrogen-bond donors (Lipinski definition) is 2. The predicted molar refractivity (Wildman–Crippen MR) is 78.9 cm³/mol. The van der Waals surface area contributed by atoms with Crippen molar-refractivity contribution >= 4 is 29.6 Å². The Morgan fingerprint density at radius 2 is 2.19 bits per heavy atom. The molecule has 0 spiro atoms. The minimum absolute atomic E-state index is 0.301. The first-order valence-electron chi connectivity index (χ1n) is 6.80. The molecule has 114 valence electrons. The number of amides is 1. The number of hydrogen-bond acceptors (Lipinski definition) is 3. The van der Waals surface area contributed by atoms with Crippen LogP contribution in [0.2, 0.25) is 5.15 Å². The molecule has 21 heavy (non-hydrogen) atoms. The maximum Gasteiger partial charge on any atom is 0.308 e. The number of halogens is 1. The van der Waals surface area contributed by atoms with Gasteiger partial charge in [0.25, 0.3) is 0 Å². The lowest BCUT2D eigenvalue weighted by Crippen LogP contribution is -2.39. The number of nitrogens with one attached hydrogen (secondary N) is 1. The molecule has 1 aliphatic rings. The number of carbonyl (C=O) groups is 2. The highest BCUT2D eigenvalue weighted by molar-refractivity contribution is 6.31. The summed E-state index contributed by atoms with van der Waals surface area (Å²) in [4.78, 5) is 23.0. The van der Waals surface area contributed by atoms with Crippen molar-refractivity contribution in [2.45, 2.75) is 32.2 Å². The SMILES string of the molecule is Cc1nn(C)c(Cl)c1C=CC(=O)NC1CCCC1C(=O)O. The molecule has 1 heterocycles. The summed E-state index contributed by atoms with van der Waals surface area (Å²) in [5, 5.41) is 16.4. The number of carbonyl (C=O) groups excluding carboxylic acids is 1. The molecule has 0 aliphatic heterocycles. The standard InChI is InChI=1S/C14H18ClN3O3/c1-8-9(13(15)18(2)17-8)6-7-12(19)16-11-5-3-4-10(11)14(20)21/h6-7,10-11H,3-5H2,1-2H3,(H,16,19)(H,20,21). The second-order valence-corrected chi connectivity index (χ2v) is 5.60. The van der Waals surface area contributed by atoms with Gasteiger partial charge in [0, 0.05) is 24.7 Å². The lowest BCUT2D eigenvalue weighted by Gasteiger charge is -2.16. The van der Waals surface area contributed by atoms with E-state index < -0.39 is 11.9 Å². The second-order valence-electron chi connectivity index (χ2n) is 5.24. The summed E-state index contributed by atoms with van der Waals surface area (Å²) < 4.78 is 1.53. The largest absolute Gasteiger partial charge is 0.481 e. The van der Waals surface area contributed by atoms with Gasteiger partial charge in [-0.3, -0.25) is 14.3 Å². The van der Waals surface area contributed by atoms with E-state index in [1.54, 1.807) is 20.0 Å². The van der Waals surface area contributed by atoms with Gasteiger partial charge < -0.3 is 10.4 Å². The first kappa shape index (κ1) is 15.6. The van der Waals surface area contributed by atoms with Crippen LogP contribution in [0.15, 0.2) is 6.08 Å². The summed E-state index contributed by atoms with van der Waals surface area (Å²) in [5.74, 6) is -1.66. The Bertz CT molecular complexity index is 595. The van der Waals surface area contributed by atoms with Gasteiger partial charge in [0.15, 0.2) is 0 Å². The summed E-state index contributed by atoms with van der Waals surface area (Å²) in [6.45, 7) is 1.81. The Balaban J connectivity index is 2.01. The number of aliphatic carboxylic acids is 1. The highest BCUT2D eigenvalue weighted by Crippen LogP contribution is 2.26. The van der Waals surface area contributed by atoms with E-state index >= 15 is 0 Å². The van der Waals surface area contributed by atoms with Gasteiger partial charge in [0.2, 0.25) is 5.91 Å². The van der Waals surface area contributed by atoms with Crippen molar-refractivity contribution in [3.05, 3.63) is 22.5 Å². The monoisotopic (exact) mass is 311 g/mol. The van der Waals surface area contributed by atoms with E-state index in [4.69, 9.17) is 16.7 Å². The predicted octanol–water partition coefficient (Wildman–Crippen LogP) is 1.76. The molecule has 2 unspecified atom stereocenters. The van der Waals surface area contributed by atoms with Crippen molar-refractivity contribution in [1.29, 1.82) is 0 Å². The van der Waals surface area contributed by atoms with Gasteiger partial charge in [-0.05, 0) is 25.8 Å². The molecular formula is C14H18ClN3O3. The average Bonchev–Trinajstić information content (AvgIpc) is 2.94. The van der Waals surface area contributed by atoms with Gasteiger partial charge in [-0.25, -0.2) is 0 Å². The Morgan fingerprint density at radius 1 is 1.48 bits per heavy atom. The molecule has 7 heteroatoms. The topological polar surface area (TPSA) is 84.2 Å². The first-order chi connectivity index (χ1) is 9.90. The summed E-state index contributed by atoms with van der Waals surface area (Å²) >= 11 is 6.07. The Hall–Kier alpha value is -1.82. The lowest BCUT2D eigenvalue weighted by molar-refractivity contribution is -0.142. The quantitative estimate of drug-likeness (QED) is 0.830. The number of carboxylic acid groups (broad SMARTS) is 1. The number of nitrogens with zero attached hydrogens (tertiary/aromatic N) is 2. The van der Waals surface area contributed by atoms with Crippen molar-refractivity contribution in [3.8, 4) is 0 Å². The number of rotatable bonds is 4. The summed E-state index contributed by atoms with van der Waals surface area (Å²) in [6, 6.07) is -0.301. The third-order valence-electron chi connectivity index (χ3n) is 3.76. The zero-order chi connectivity index (χ0) is 15.6. The lowest BCUT2D eigenvalue weighted by atomic mass is 10.0. The van der Waals surface area contributed by atoms with Crippen LogP contribution in [0.25, 0.3) is 6.08 Å². The van der Waals surface area contributed by atoms with Crippen LogP contribution in [0.3, 0.4) is 0 Å². The van der Waals surface area contributed by atoms with Crippen LogP contribution in [0.5, 0.6) is 0 Å². The molecule has 1 aliphatic carbocycles. The van der Waals surface area contributed by atoms with Gasteiger partial charge in [-0.1, -0.05) is 18.0 Å². The van der Waals surface area contributed by atoms with Gasteiger partial charge in [-0.15, -0.1) is 0 Å². The number of carboxylic acids is 1. The van der Waals surface area contributed by atoms with E-state index in [1.807, 2.05) is 0 Å². The molecule has 2 rings (SSSR count). The Morgan fingerprint density at radius 3 is 2.76 bits per heavy atom. The van der Waals surface area contributed by atoms with E-state index in [2.05, 4.69) is 10.4 Å². The number of aromatic nitrogens is 2. The average molecular weight is 312 g/mol. The highest BCUT2D eigenvalue weighted by Gasteiger charge is 2.33. The van der Waals surface area contributed by atoms with E-state index in [1.165, 1.54) is 10.8 Å². The maximum absolute atomic E-state index is 11.9. The van der Waals surface area contributed by atoms with Crippen molar-refractivity contribution in [2.75, 3.05) is 0 Å². The van der Waals surface area contributed by atoms with Crippen LogP contribution >= 0.6 is 11.6 Å². The van der Waals surface area contributed by atoms with Crippen molar-refractivity contribution < 1.29 is 14.7 Å². The van der Waals surface area contributed by atoms with Crippen LogP contribution in [-0.4, -0.2) is 32.8 Å². The van der Waals surface area contributed by atoms with Crippen LogP contribution in [0.4, 0.5) is 0 Å². The molecule has 1 amide bonds. The smallest absolute Gasteiger partial charge is 0.308 e. The normalized spacial score (nSPS) is 21.9. The third kappa shape index (κ3) is 3.44. The van der Waals surface area contributed by atoms with E-state index in [-0.39, 0.29) is 11.9 Å². The highest BCUT2D eigenvalue weighted by atomic mass is 35.5. The number of aryl methyl sites for hydroxylation is 2. The molecule has 1 fully saturated rings. The summed E-state index contributed by atoms with van der Waals surface area (Å²) in [6.07, 6.45) is 5.10. The van der Waals surface area contributed by atoms with Gasteiger partial charge in [0.1, 0.15) is 5.15 Å². The molecule has 0 saturated heterocycles. The first-order valence-corrected chi connectivity index (χ1v) is 7.18. The zero-order valence-electron chi connectivity index (χ0n) is 12.0. The van der Waals surface area contributed by atoms with Crippen molar-refractivity contribution in [1.82, 2.24) is 15.1 Å². The van der Waals surface area contributed by atoms with E-state index in [9.17, 15) is 9.59 Å². The fourth-order valence-electron chi connectivity index (χ4n) is 2.65. The van der Waals surface area contributed by atoms with Crippen LogP contribution in [-0.2, 0) is 16.6 Å². The second kappa shape index (κ2) is 6.30. The Kier molecular flexibility index (Phi) is 4.67. The van der Waals surface area contributed by atoms with Gasteiger partial charge >= 0.3 is 5.97 Å². The minimum atomic E-state index is -0.854. The molecular weight excluding hydrogens is 294 g/mol. The third-order valence-corrected chi connectivity index (χ3v) is 4.21. The maximum atomic E-state index is 11.9. The summed E-state index contributed by atoms with van der Waals surface area (Å²) in [5.41, 5.74) is 1.42. The molecule has 1 saturated carbocycles. The molecule has 2 N–H and O–H groups in total. The molecule has 1 aromatic rings. The molecule has 0 bridgehead atoms. The van der Waals surface area contributed by atoms with E-state index in [0.717, 1.165) is 12.1 Å². The fourth-order valence-corrected chi connectivity index (χ4v) is 2.89. The van der Waals surface area contributed by atoms with Gasteiger partial charge in [0.05, 0.1) is 11.6 Å². The Labute approximate surface area is 127 Å².